The molecule has 0 spiro atoms. The van der Waals surface area contributed by atoms with E-state index in [2.05, 4.69) is 25.2 Å². The van der Waals surface area contributed by atoms with Gasteiger partial charge in [-0.25, -0.2) is 0 Å². The third-order valence-electron chi connectivity index (χ3n) is 2.48. The van der Waals surface area contributed by atoms with Gasteiger partial charge in [-0.3, -0.25) is 4.79 Å². The van der Waals surface area contributed by atoms with E-state index in [-0.39, 0.29) is 12.0 Å². The molecule has 80 valence electrons. The summed E-state index contributed by atoms with van der Waals surface area (Å²) >= 11 is 0. The maximum Gasteiger partial charge on any atom is 0.323 e. The van der Waals surface area contributed by atoms with Crippen molar-refractivity contribution in [1.29, 1.82) is 0 Å². The fraction of sp³-hybridized carbons (Fsp3) is 0.727. The number of carbonyl (C=O) groups is 1. The predicted octanol–water partition coefficient (Wildman–Crippen LogP) is 1.49. The Kier molecular flexibility index (Phi) is 4.14. The van der Waals surface area contributed by atoms with Crippen molar-refractivity contribution in [2.75, 3.05) is 13.2 Å². The van der Waals surface area contributed by atoms with Gasteiger partial charge in [0.2, 0.25) is 0 Å². The van der Waals surface area contributed by atoms with E-state index in [0.717, 1.165) is 13.0 Å². The molecular formula is C11H19NO2. The molecule has 1 aliphatic heterocycles. The van der Waals surface area contributed by atoms with Crippen LogP contribution in [0.1, 0.15) is 27.2 Å². The lowest BCUT2D eigenvalue weighted by Gasteiger charge is -2.24. The first-order valence-corrected chi connectivity index (χ1v) is 5.24. The molecular weight excluding hydrogens is 178 g/mol. The van der Waals surface area contributed by atoms with Crippen molar-refractivity contribution in [3.63, 3.8) is 0 Å². The molecule has 0 bridgehead atoms. The topological polar surface area (TPSA) is 38.3 Å². The van der Waals surface area contributed by atoms with Gasteiger partial charge < -0.3 is 10.1 Å². The molecule has 0 aromatic heterocycles. The summed E-state index contributed by atoms with van der Waals surface area (Å²) in [6.45, 7) is 7.37. The smallest absolute Gasteiger partial charge is 0.323 e. The van der Waals surface area contributed by atoms with Crippen LogP contribution in [0.25, 0.3) is 0 Å². The molecule has 0 saturated carbocycles. The zero-order chi connectivity index (χ0) is 10.6. The lowest BCUT2D eigenvalue weighted by Crippen LogP contribution is -2.41. The van der Waals surface area contributed by atoms with Crippen LogP contribution < -0.4 is 5.32 Å². The Balaban J connectivity index is 2.52. The third kappa shape index (κ3) is 2.84. The average molecular weight is 197 g/mol. The molecule has 1 heterocycles. The van der Waals surface area contributed by atoms with E-state index in [1.807, 2.05) is 6.92 Å². The van der Waals surface area contributed by atoms with E-state index in [0.29, 0.717) is 12.5 Å². The van der Waals surface area contributed by atoms with E-state index in [1.54, 1.807) is 0 Å². The zero-order valence-corrected chi connectivity index (χ0v) is 9.17. The number of esters is 1. The Labute approximate surface area is 85.5 Å². The van der Waals surface area contributed by atoms with Gasteiger partial charge in [0.15, 0.2) is 0 Å². The highest BCUT2D eigenvalue weighted by atomic mass is 16.5. The third-order valence-corrected chi connectivity index (χ3v) is 2.48. The van der Waals surface area contributed by atoms with Crippen LogP contribution in [-0.4, -0.2) is 25.2 Å². The van der Waals surface area contributed by atoms with E-state index in [9.17, 15) is 4.79 Å². The van der Waals surface area contributed by atoms with Crippen molar-refractivity contribution in [1.82, 2.24) is 5.32 Å². The summed E-state index contributed by atoms with van der Waals surface area (Å²) in [6.07, 6.45) is 2.96. The van der Waals surface area contributed by atoms with E-state index in [4.69, 9.17) is 4.74 Å². The van der Waals surface area contributed by atoms with Crippen LogP contribution >= 0.6 is 0 Å². The maximum absolute atomic E-state index is 11.5. The summed E-state index contributed by atoms with van der Waals surface area (Å²) in [4.78, 5) is 11.5. The van der Waals surface area contributed by atoms with Crippen molar-refractivity contribution in [2.45, 2.75) is 33.2 Å². The SMILES string of the molecule is CCOC(=O)C1CC(C(C)C)=CCN1. The molecule has 0 fully saturated rings. The Morgan fingerprint density at radius 2 is 2.43 bits per heavy atom. The number of rotatable bonds is 3. The van der Waals surface area contributed by atoms with Gasteiger partial charge in [0.05, 0.1) is 6.61 Å². The quantitative estimate of drug-likeness (QED) is 0.550. The number of hydrogen-bond donors (Lipinski definition) is 1. The Bertz CT molecular complexity index is 233. The first-order chi connectivity index (χ1) is 6.65. The molecule has 3 nitrogen and oxygen atoms in total. The van der Waals surface area contributed by atoms with Gasteiger partial charge in [-0.1, -0.05) is 25.5 Å². The minimum absolute atomic E-state index is 0.126. The van der Waals surface area contributed by atoms with Crippen molar-refractivity contribution in [3.05, 3.63) is 11.6 Å². The van der Waals surface area contributed by atoms with Gasteiger partial charge in [0, 0.05) is 6.54 Å². The highest BCUT2D eigenvalue weighted by Crippen LogP contribution is 2.19. The molecule has 1 rings (SSSR count). The van der Waals surface area contributed by atoms with Crippen molar-refractivity contribution in [2.24, 2.45) is 5.92 Å². The zero-order valence-electron chi connectivity index (χ0n) is 9.17. The molecule has 0 radical (unpaired) electrons. The summed E-state index contributed by atoms with van der Waals surface area (Å²) in [6, 6.07) is -0.141. The van der Waals surface area contributed by atoms with Crippen LogP contribution in [0.2, 0.25) is 0 Å². The molecule has 3 heteroatoms. The van der Waals surface area contributed by atoms with Crippen molar-refractivity contribution >= 4 is 5.97 Å². The fourth-order valence-electron chi connectivity index (χ4n) is 1.60. The van der Waals surface area contributed by atoms with E-state index >= 15 is 0 Å². The summed E-state index contributed by atoms with van der Waals surface area (Å²) in [7, 11) is 0. The highest BCUT2D eigenvalue weighted by Gasteiger charge is 2.23. The molecule has 1 atom stereocenters. The van der Waals surface area contributed by atoms with Gasteiger partial charge >= 0.3 is 5.97 Å². The first-order valence-electron chi connectivity index (χ1n) is 5.24. The Morgan fingerprint density at radius 1 is 1.71 bits per heavy atom. The maximum atomic E-state index is 11.5. The average Bonchev–Trinajstić information content (AvgIpc) is 2.18. The molecule has 0 aliphatic carbocycles. The van der Waals surface area contributed by atoms with Crippen LogP contribution in [0.4, 0.5) is 0 Å². The van der Waals surface area contributed by atoms with Crippen molar-refractivity contribution < 1.29 is 9.53 Å². The van der Waals surface area contributed by atoms with Crippen LogP contribution in [-0.2, 0) is 9.53 Å². The second-order valence-corrected chi connectivity index (χ2v) is 3.85. The highest BCUT2D eigenvalue weighted by molar-refractivity contribution is 5.76. The van der Waals surface area contributed by atoms with Crippen LogP contribution in [0, 0.1) is 5.92 Å². The monoisotopic (exact) mass is 197 g/mol. The first kappa shape index (κ1) is 11.2. The molecule has 0 saturated heterocycles. The van der Waals surface area contributed by atoms with Gasteiger partial charge in [0.1, 0.15) is 6.04 Å². The molecule has 14 heavy (non-hydrogen) atoms. The van der Waals surface area contributed by atoms with Gasteiger partial charge in [-0.15, -0.1) is 0 Å². The predicted molar refractivity (Wildman–Crippen MR) is 56.0 cm³/mol. The summed E-state index contributed by atoms with van der Waals surface area (Å²) < 4.78 is 4.98. The minimum atomic E-state index is -0.141. The molecule has 1 aliphatic rings. The fourth-order valence-corrected chi connectivity index (χ4v) is 1.60. The minimum Gasteiger partial charge on any atom is -0.465 e. The van der Waals surface area contributed by atoms with Crippen LogP contribution in [0.15, 0.2) is 11.6 Å². The van der Waals surface area contributed by atoms with Crippen LogP contribution in [0.5, 0.6) is 0 Å². The molecule has 1 unspecified atom stereocenters. The largest absolute Gasteiger partial charge is 0.465 e. The number of nitrogens with one attached hydrogen (secondary N) is 1. The Hall–Kier alpha value is -0.830. The Morgan fingerprint density at radius 3 is 3.00 bits per heavy atom. The molecule has 0 aromatic carbocycles. The standard InChI is InChI=1S/C11H19NO2/c1-4-14-11(13)10-7-9(8(2)3)5-6-12-10/h5,8,10,12H,4,6-7H2,1-3H3. The van der Waals surface area contributed by atoms with Crippen molar-refractivity contribution in [3.8, 4) is 0 Å². The van der Waals surface area contributed by atoms with Gasteiger partial charge in [-0.2, -0.15) is 0 Å². The molecule has 0 aromatic rings. The second-order valence-electron chi connectivity index (χ2n) is 3.85. The second kappa shape index (κ2) is 5.15. The lowest BCUT2D eigenvalue weighted by molar-refractivity contribution is -0.145. The molecule has 0 amide bonds. The number of hydrogen-bond acceptors (Lipinski definition) is 3. The molecule has 1 N–H and O–H groups in total. The van der Waals surface area contributed by atoms with E-state index < -0.39 is 0 Å². The summed E-state index contributed by atoms with van der Waals surface area (Å²) in [5, 5.41) is 3.14. The van der Waals surface area contributed by atoms with Crippen LogP contribution in [0.3, 0.4) is 0 Å². The van der Waals surface area contributed by atoms with Gasteiger partial charge in [0.25, 0.3) is 0 Å². The summed E-state index contributed by atoms with van der Waals surface area (Å²) in [5.74, 6) is 0.396. The number of carbonyl (C=O) groups excluding carboxylic acids is 1. The van der Waals surface area contributed by atoms with E-state index in [1.165, 1.54) is 5.57 Å². The lowest BCUT2D eigenvalue weighted by atomic mass is 9.93. The number of ether oxygens (including phenoxy) is 1. The normalized spacial score (nSPS) is 22.0. The summed E-state index contributed by atoms with van der Waals surface area (Å²) in [5.41, 5.74) is 1.35. The van der Waals surface area contributed by atoms with Gasteiger partial charge in [-0.05, 0) is 19.3 Å².